The maximum atomic E-state index is 13.4. The first kappa shape index (κ1) is 9.93. The predicted molar refractivity (Wildman–Crippen MR) is 49.1 cm³/mol. The number of likely N-dealkylation sites (N-methyl/N-ethyl adjacent to an activating group) is 1. The van der Waals surface area contributed by atoms with E-state index in [1.54, 1.807) is 0 Å². The smallest absolute Gasteiger partial charge is 0.118 e. The molecule has 1 fully saturated rings. The molecule has 1 N–H and O–H groups in total. The van der Waals surface area contributed by atoms with Gasteiger partial charge in [0.15, 0.2) is 0 Å². The SMILES string of the molecule is CCN(CC)[C@H]1CNCC[C@H]1F. The number of hydrogen-bond acceptors (Lipinski definition) is 2. The molecule has 0 radical (unpaired) electrons. The molecule has 72 valence electrons. The fourth-order valence-electron chi connectivity index (χ4n) is 1.86. The molecule has 0 aromatic carbocycles. The van der Waals surface area contributed by atoms with E-state index >= 15 is 0 Å². The minimum absolute atomic E-state index is 0.105. The molecule has 2 nitrogen and oxygen atoms in total. The van der Waals surface area contributed by atoms with Crippen LogP contribution in [0.4, 0.5) is 4.39 Å². The van der Waals surface area contributed by atoms with Gasteiger partial charge in [0.1, 0.15) is 6.17 Å². The second-order valence-electron chi connectivity index (χ2n) is 3.30. The van der Waals surface area contributed by atoms with E-state index in [9.17, 15) is 4.39 Å². The first-order chi connectivity index (χ1) is 5.79. The third-order valence-corrected chi connectivity index (χ3v) is 2.65. The third-order valence-electron chi connectivity index (χ3n) is 2.65. The molecule has 1 aliphatic rings. The highest BCUT2D eigenvalue weighted by molar-refractivity contribution is 4.84. The maximum Gasteiger partial charge on any atom is 0.118 e. The summed E-state index contributed by atoms with van der Waals surface area (Å²) >= 11 is 0. The molecule has 0 aromatic rings. The lowest BCUT2D eigenvalue weighted by atomic mass is 10.0. The van der Waals surface area contributed by atoms with Crippen LogP contribution in [0.5, 0.6) is 0 Å². The van der Waals surface area contributed by atoms with E-state index in [1.165, 1.54) is 0 Å². The summed E-state index contributed by atoms with van der Waals surface area (Å²) in [5, 5.41) is 3.23. The van der Waals surface area contributed by atoms with Gasteiger partial charge in [-0.05, 0) is 26.1 Å². The quantitative estimate of drug-likeness (QED) is 0.687. The van der Waals surface area contributed by atoms with E-state index in [2.05, 4.69) is 24.1 Å². The Morgan fingerprint density at radius 2 is 2.08 bits per heavy atom. The number of nitrogens with one attached hydrogen (secondary N) is 1. The number of alkyl halides is 1. The Kier molecular flexibility index (Phi) is 3.95. The van der Waals surface area contributed by atoms with Crippen molar-refractivity contribution in [3.05, 3.63) is 0 Å². The lowest BCUT2D eigenvalue weighted by molar-refractivity contribution is 0.0939. The van der Waals surface area contributed by atoms with Crippen LogP contribution >= 0.6 is 0 Å². The lowest BCUT2D eigenvalue weighted by Crippen LogP contribution is -2.52. The summed E-state index contributed by atoms with van der Waals surface area (Å²) in [6, 6.07) is 0.105. The van der Waals surface area contributed by atoms with Gasteiger partial charge in [0.25, 0.3) is 0 Å². The van der Waals surface area contributed by atoms with Gasteiger partial charge in [0, 0.05) is 6.54 Å². The highest BCUT2D eigenvalue weighted by Crippen LogP contribution is 2.13. The van der Waals surface area contributed by atoms with Gasteiger partial charge < -0.3 is 5.32 Å². The van der Waals surface area contributed by atoms with Gasteiger partial charge in [-0.2, -0.15) is 0 Å². The Morgan fingerprint density at radius 1 is 1.42 bits per heavy atom. The zero-order chi connectivity index (χ0) is 8.97. The minimum atomic E-state index is -0.633. The number of halogens is 1. The van der Waals surface area contributed by atoms with Crippen molar-refractivity contribution < 1.29 is 4.39 Å². The first-order valence-corrected chi connectivity index (χ1v) is 4.88. The average Bonchev–Trinajstić information content (AvgIpc) is 2.10. The molecule has 0 amide bonds. The van der Waals surface area contributed by atoms with Crippen LogP contribution in [0.2, 0.25) is 0 Å². The van der Waals surface area contributed by atoms with Gasteiger partial charge in [-0.15, -0.1) is 0 Å². The number of piperidine rings is 1. The summed E-state index contributed by atoms with van der Waals surface area (Å²) in [5.74, 6) is 0. The normalized spacial score (nSPS) is 31.0. The molecular formula is C9H19FN2. The number of hydrogen-bond donors (Lipinski definition) is 1. The Bertz CT molecular complexity index is 126. The Morgan fingerprint density at radius 3 is 2.58 bits per heavy atom. The summed E-state index contributed by atoms with van der Waals surface area (Å²) in [4.78, 5) is 2.19. The molecule has 1 heterocycles. The van der Waals surface area contributed by atoms with E-state index < -0.39 is 6.17 Å². The Balaban J connectivity index is 2.45. The summed E-state index contributed by atoms with van der Waals surface area (Å²) in [6.07, 6.45) is 0.0346. The molecule has 0 unspecified atom stereocenters. The molecule has 0 aliphatic carbocycles. The molecule has 0 aromatic heterocycles. The summed E-state index contributed by atoms with van der Waals surface area (Å²) < 4.78 is 13.4. The summed E-state index contributed by atoms with van der Waals surface area (Å²) in [7, 11) is 0. The molecule has 0 spiro atoms. The van der Waals surface area contributed by atoms with Crippen LogP contribution in [0.3, 0.4) is 0 Å². The van der Waals surface area contributed by atoms with Crippen molar-refractivity contribution in [3.8, 4) is 0 Å². The molecule has 3 heteroatoms. The molecule has 1 rings (SSSR count). The topological polar surface area (TPSA) is 15.3 Å². The van der Waals surface area contributed by atoms with Crippen LogP contribution in [0.15, 0.2) is 0 Å². The first-order valence-electron chi connectivity index (χ1n) is 4.88. The van der Waals surface area contributed by atoms with E-state index in [-0.39, 0.29) is 6.04 Å². The van der Waals surface area contributed by atoms with E-state index in [4.69, 9.17) is 0 Å². The van der Waals surface area contributed by atoms with E-state index in [0.29, 0.717) is 6.42 Å². The van der Waals surface area contributed by atoms with Crippen molar-refractivity contribution >= 4 is 0 Å². The second kappa shape index (κ2) is 4.77. The largest absolute Gasteiger partial charge is 0.315 e. The van der Waals surface area contributed by atoms with Gasteiger partial charge >= 0.3 is 0 Å². The monoisotopic (exact) mass is 174 g/mol. The highest BCUT2D eigenvalue weighted by Gasteiger charge is 2.27. The average molecular weight is 174 g/mol. The zero-order valence-electron chi connectivity index (χ0n) is 8.02. The predicted octanol–water partition coefficient (Wildman–Crippen LogP) is 1.03. The maximum absolute atomic E-state index is 13.4. The van der Waals surface area contributed by atoms with Gasteiger partial charge in [-0.25, -0.2) is 4.39 Å². The van der Waals surface area contributed by atoms with Gasteiger partial charge in [-0.3, -0.25) is 4.90 Å². The van der Waals surface area contributed by atoms with Crippen LogP contribution in [-0.4, -0.2) is 43.3 Å². The van der Waals surface area contributed by atoms with Crippen molar-refractivity contribution in [2.75, 3.05) is 26.2 Å². The van der Waals surface area contributed by atoms with Crippen molar-refractivity contribution in [2.24, 2.45) is 0 Å². The highest BCUT2D eigenvalue weighted by atomic mass is 19.1. The number of nitrogens with zero attached hydrogens (tertiary/aromatic N) is 1. The van der Waals surface area contributed by atoms with E-state index in [0.717, 1.165) is 26.2 Å². The third kappa shape index (κ3) is 2.17. The van der Waals surface area contributed by atoms with Crippen molar-refractivity contribution in [1.29, 1.82) is 0 Å². The molecule has 1 saturated heterocycles. The fraction of sp³-hybridized carbons (Fsp3) is 1.00. The standard InChI is InChI=1S/C9H19FN2/c1-3-12(4-2)9-7-11-6-5-8(9)10/h8-9,11H,3-7H2,1-2H3/t8-,9+/m1/s1. The Hall–Kier alpha value is -0.150. The number of rotatable bonds is 3. The van der Waals surface area contributed by atoms with Crippen LogP contribution < -0.4 is 5.32 Å². The molecule has 1 aliphatic heterocycles. The van der Waals surface area contributed by atoms with Gasteiger partial charge in [0.2, 0.25) is 0 Å². The van der Waals surface area contributed by atoms with Crippen LogP contribution in [0.1, 0.15) is 20.3 Å². The molecule has 12 heavy (non-hydrogen) atoms. The fourth-order valence-corrected chi connectivity index (χ4v) is 1.86. The van der Waals surface area contributed by atoms with Gasteiger partial charge in [-0.1, -0.05) is 13.8 Å². The van der Waals surface area contributed by atoms with E-state index in [1.807, 2.05) is 0 Å². The van der Waals surface area contributed by atoms with Crippen molar-refractivity contribution in [3.63, 3.8) is 0 Å². The van der Waals surface area contributed by atoms with Crippen LogP contribution in [0, 0.1) is 0 Å². The molecule has 0 saturated carbocycles. The Labute approximate surface area is 74.1 Å². The zero-order valence-corrected chi connectivity index (χ0v) is 8.02. The van der Waals surface area contributed by atoms with Gasteiger partial charge in [0.05, 0.1) is 6.04 Å². The van der Waals surface area contributed by atoms with Crippen LogP contribution in [0.25, 0.3) is 0 Å². The molecule has 2 atom stereocenters. The molecule has 0 bridgehead atoms. The lowest BCUT2D eigenvalue weighted by Gasteiger charge is -2.35. The van der Waals surface area contributed by atoms with Crippen molar-refractivity contribution in [1.82, 2.24) is 10.2 Å². The van der Waals surface area contributed by atoms with Crippen LogP contribution in [-0.2, 0) is 0 Å². The summed E-state index contributed by atoms with van der Waals surface area (Å²) in [6.45, 7) is 7.71. The molecular weight excluding hydrogens is 155 g/mol. The summed E-state index contributed by atoms with van der Waals surface area (Å²) in [5.41, 5.74) is 0. The second-order valence-corrected chi connectivity index (χ2v) is 3.30. The van der Waals surface area contributed by atoms with Crippen molar-refractivity contribution in [2.45, 2.75) is 32.5 Å². The minimum Gasteiger partial charge on any atom is -0.315 e.